The van der Waals surface area contributed by atoms with Crippen molar-refractivity contribution in [2.24, 2.45) is 0 Å². The number of aryl methyl sites for hydroxylation is 1. The van der Waals surface area contributed by atoms with Gasteiger partial charge in [-0.25, -0.2) is 13.6 Å². The number of halogens is 2. The van der Waals surface area contributed by atoms with Crippen molar-refractivity contribution >= 4 is 29.0 Å². The SMILES string of the molecule is Cc1ccsc1CN(Cc1ccc(F)cc1)C(=O)CN(C(=O)Nc1ccccc1F)C1CC1. The lowest BCUT2D eigenvalue weighted by molar-refractivity contribution is -0.133. The Bertz CT molecular complexity index is 1130. The molecule has 3 aromatic rings. The Hall–Kier alpha value is -3.26. The number of carbonyl (C=O) groups excluding carboxylic acids is 2. The van der Waals surface area contributed by atoms with Gasteiger partial charge in [0.25, 0.3) is 0 Å². The van der Waals surface area contributed by atoms with Crippen LogP contribution in [0.4, 0.5) is 19.3 Å². The Morgan fingerprint density at radius 2 is 1.76 bits per heavy atom. The van der Waals surface area contributed by atoms with Crippen LogP contribution < -0.4 is 5.32 Å². The smallest absolute Gasteiger partial charge is 0.322 e. The van der Waals surface area contributed by atoms with E-state index in [2.05, 4.69) is 5.32 Å². The summed E-state index contributed by atoms with van der Waals surface area (Å²) in [5.41, 5.74) is 1.97. The highest BCUT2D eigenvalue weighted by atomic mass is 32.1. The summed E-state index contributed by atoms with van der Waals surface area (Å²) >= 11 is 1.57. The molecule has 2 aromatic carbocycles. The monoisotopic (exact) mass is 469 g/mol. The van der Waals surface area contributed by atoms with E-state index in [1.54, 1.807) is 40.5 Å². The van der Waals surface area contributed by atoms with E-state index in [0.717, 1.165) is 28.8 Å². The summed E-state index contributed by atoms with van der Waals surface area (Å²) in [7, 11) is 0. The fourth-order valence-electron chi connectivity index (χ4n) is 3.53. The summed E-state index contributed by atoms with van der Waals surface area (Å²) in [6.45, 7) is 2.57. The fourth-order valence-corrected chi connectivity index (χ4v) is 4.45. The molecule has 0 saturated heterocycles. The molecule has 1 aliphatic carbocycles. The van der Waals surface area contributed by atoms with Crippen molar-refractivity contribution in [3.05, 3.63) is 87.6 Å². The zero-order chi connectivity index (χ0) is 23.4. The van der Waals surface area contributed by atoms with Gasteiger partial charge in [-0.15, -0.1) is 11.3 Å². The van der Waals surface area contributed by atoms with Crippen LogP contribution in [0.25, 0.3) is 0 Å². The fraction of sp³-hybridized carbons (Fsp3) is 0.280. The Kier molecular flexibility index (Phi) is 7.03. The maximum atomic E-state index is 14.0. The second-order valence-electron chi connectivity index (χ2n) is 8.17. The van der Waals surface area contributed by atoms with E-state index < -0.39 is 11.8 Å². The molecule has 1 heterocycles. The number of para-hydroxylation sites is 1. The summed E-state index contributed by atoms with van der Waals surface area (Å²) in [4.78, 5) is 30.5. The number of benzene rings is 2. The largest absolute Gasteiger partial charge is 0.332 e. The molecule has 5 nitrogen and oxygen atoms in total. The van der Waals surface area contributed by atoms with Crippen LogP contribution in [0.15, 0.2) is 60.0 Å². The number of hydrogen-bond donors (Lipinski definition) is 1. The minimum Gasteiger partial charge on any atom is -0.332 e. The van der Waals surface area contributed by atoms with Crippen LogP contribution in [0.1, 0.15) is 28.8 Å². The van der Waals surface area contributed by atoms with Gasteiger partial charge in [0.1, 0.15) is 18.2 Å². The molecule has 0 bridgehead atoms. The molecular weight excluding hydrogens is 444 g/mol. The number of nitrogens with zero attached hydrogens (tertiary/aromatic N) is 2. The second-order valence-corrected chi connectivity index (χ2v) is 9.17. The van der Waals surface area contributed by atoms with Gasteiger partial charge in [0.2, 0.25) is 5.91 Å². The predicted molar refractivity (Wildman–Crippen MR) is 125 cm³/mol. The maximum Gasteiger partial charge on any atom is 0.322 e. The molecule has 0 radical (unpaired) electrons. The third-order valence-electron chi connectivity index (χ3n) is 5.61. The molecule has 8 heteroatoms. The van der Waals surface area contributed by atoms with Crippen LogP contribution in [-0.4, -0.2) is 34.3 Å². The van der Waals surface area contributed by atoms with Crippen molar-refractivity contribution in [3.8, 4) is 0 Å². The van der Waals surface area contributed by atoms with Gasteiger partial charge >= 0.3 is 6.03 Å². The first-order valence-corrected chi connectivity index (χ1v) is 11.7. The standard InChI is InChI=1S/C25H25F2N3O2S/c1-17-12-13-33-23(17)15-29(14-18-6-8-19(26)9-7-18)24(31)16-30(20-10-11-20)25(32)28-22-5-3-2-4-21(22)27/h2-9,12-13,20H,10-11,14-16H2,1H3,(H,28,32). The van der Waals surface area contributed by atoms with Gasteiger partial charge in [-0.05, 0) is 66.6 Å². The molecule has 0 atom stereocenters. The predicted octanol–water partition coefficient (Wildman–Crippen LogP) is 5.56. The molecule has 1 fully saturated rings. The summed E-state index contributed by atoms with van der Waals surface area (Å²) in [6, 6.07) is 13.4. The van der Waals surface area contributed by atoms with E-state index in [4.69, 9.17) is 0 Å². The Morgan fingerprint density at radius 3 is 2.39 bits per heavy atom. The molecule has 0 aliphatic heterocycles. The zero-order valence-corrected chi connectivity index (χ0v) is 19.1. The molecule has 0 unspecified atom stereocenters. The first-order chi connectivity index (χ1) is 15.9. The number of nitrogens with one attached hydrogen (secondary N) is 1. The molecular formula is C25H25F2N3O2S. The molecule has 1 saturated carbocycles. The van der Waals surface area contributed by atoms with Crippen molar-refractivity contribution in [2.75, 3.05) is 11.9 Å². The summed E-state index contributed by atoms with van der Waals surface area (Å²) < 4.78 is 27.4. The highest BCUT2D eigenvalue weighted by Gasteiger charge is 2.35. The number of rotatable bonds is 8. The molecule has 4 rings (SSSR count). The molecule has 3 amide bonds. The van der Waals surface area contributed by atoms with Crippen LogP contribution in [-0.2, 0) is 17.9 Å². The van der Waals surface area contributed by atoms with E-state index in [1.807, 2.05) is 18.4 Å². The lowest BCUT2D eigenvalue weighted by Crippen LogP contribution is -2.45. The van der Waals surface area contributed by atoms with Crippen molar-refractivity contribution in [1.29, 1.82) is 0 Å². The summed E-state index contributed by atoms with van der Waals surface area (Å²) in [5.74, 6) is -1.09. The summed E-state index contributed by atoms with van der Waals surface area (Å²) in [5, 5.41) is 4.56. The van der Waals surface area contributed by atoms with Gasteiger partial charge < -0.3 is 15.1 Å². The molecule has 1 aliphatic rings. The molecule has 0 spiro atoms. The third kappa shape index (κ3) is 5.96. The van der Waals surface area contributed by atoms with Crippen LogP contribution in [0, 0.1) is 18.6 Å². The first-order valence-electron chi connectivity index (χ1n) is 10.8. The van der Waals surface area contributed by atoms with Crippen LogP contribution in [0.3, 0.4) is 0 Å². The number of thiophene rings is 1. The lowest BCUT2D eigenvalue weighted by atomic mass is 10.2. The average molecular weight is 470 g/mol. The van der Waals surface area contributed by atoms with Crippen LogP contribution >= 0.6 is 11.3 Å². The van der Waals surface area contributed by atoms with Crippen molar-refractivity contribution in [3.63, 3.8) is 0 Å². The van der Waals surface area contributed by atoms with Crippen molar-refractivity contribution < 1.29 is 18.4 Å². The minimum absolute atomic E-state index is 0.0446. The number of urea groups is 1. The van der Waals surface area contributed by atoms with E-state index in [0.29, 0.717) is 13.1 Å². The number of amides is 3. The van der Waals surface area contributed by atoms with Gasteiger partial charge in [-0.1, -0.05) is 24.3 Å². The van der Waals surface area contributed by atoms with Crippen molar-refractivity contribution in [2.45, 2.75) is 38.9 Å². The maximum absolute atomic E-state index is 14.0. The lowest BCUT2D eigenvalue weighted by Gasteiger charge is -2.28. The van der Waals surface area contributed by atoms with Crippen molar-refractivity contribution in [1.82, 2.24) is 9.80 Å². The quantitative estimate of drug-likeness (QED) is 0.470. The zero-order valence-electron chi connectivity index (χ0n) is 18.3. The Morgan fingerprint density at radius 1 is 1.03 bits per heavy atom. The third-order valence-corrected chi connectivity index (χ3v) is 6.62. The van der Waals surface area contributed by atoms with E-state index in [9.17, 15) is 18.4 Å². The Balaban J connectivity index is 1.50. The molecule has 172 valence electrons. The first kappa shape index (κ1) is 22.9. The number of hydrogen-bond acceptors (Lipinski definition) is 3. The average Bonchev–Trinajstić information content (AvgIpc) is 3.56. The van der Waals surface area contributed by atoms with Gasteiger partial charge in [0.05, 0.1) is 12.2 Å². The van der Waals surface area contributed by atoms with Gasteiger partial charge in [-0.3, -0.25) is 4.79 Å². The normalized spacial score (nSPS) is 12.9. The topological polar surface area (TPSA) is 52.7 Å². The summed E-state index contributed by atoms with van der Waals surface area (Å²) in [6.07, 6.45) is 1.61. The number of carbonyl (C=O) groups is 2. The van der Waals surface area contributed by atoms with E-state index >= 15 is 0 Å². The molecule has 1 N–H and O–H groups in total. The van der Waals surface area contributed by atoms with Crippen LogP contribution in [0.2, 0.25) is 0 Å². The van der Waals surface area contributed by atoms with Gasteiger partial charge in [-0.2, -0.15) is 0 Å². The van der Waals surface area contributed by atoms with Crippen LogP contribution in [0.5, 0.6) is 0 Å². The highest BCUT2D eigenvalue weighted by Crippen LogP contribution is 2.28. The molecule has 33 heavy (non-hydrogen) atoms. The number of anilines is 1. The molecule has 1 aromatic heterocycles. The van der Waals surface area contributed by atoms with Gasteiger partial charge in [0.15, 0.2) is 0 Å². The second kappa shape index (κ2) is 10.1. The van der Waals surface area contributed by atoms with Gasteiger partial charge in [0, 0.05) is 17.5 Å². The minimum atomic E-state index is -0.529. The van der Waals surface area contributed by atoms with E-state index in [-0.39, 0.29) is 30.0 Å². The Labute approximate surface area is 195 Å². The van der Waals surface area contributed by atoms with E-state index in [1.165, 1.54) is 29.2 Å². The highest BCUT2D eigenvalue weighted by molar-refractivity contribution is 7.10.